The van der Waals surface area contributed by atoms with Crippen LogP contribution in [0.15, 0.2) is 0 Å². The summed E-state index contributed by atoms with van der Waals surface area (Å²) in [4.78, 5) is 11.3. The normalized spacial score (nSPS) is 21.1. The number of rotatable bonds is 8. The van der Waals surface area contributed by atoms with Crippen molar-refractivity contribution >= 4 is 5.97 Å². The Morgan fingerprint density at radius 1 is 1.53 bits per heavy atom. The Hall–Kier alpha value is -0.570. The van der Waals surface area contributed by atoms with Gasteiger partial charge in [-0.2, -0.15) is 0 Å². The number of carbonyl (C=O) groups excluding carboxylic acids is 1. The number of epoxide rings is 1. The number of carbonyl (C=O) groups is 1. The van der Waals surface area contributed by atoms with Crippen molar-refractivity contribution in [3.8, 4) is 0 Å². The lowest BCUT2D eigenvalue weighted by atomic mass is 10.0. The molecule has 0 amide bonds. The molecule has 0 radical (unpaired) electrons. The molecule has 15 heavy (non-hydrogen) atoms. The van der Waals surface area contributed by atoms with Crippen LogP contribution in [0.25, 0.3) is 0 Å². The van der Waals surface area contributed by atoms with Gasteiger partial charge in [-0.3, -0.25) is 4.79 Å². The van der Waals surface area contributed by atoms with Crippen LogP contribution < -0.4 is 0 Å². The summed E-state index contributed by atoms with van der Waals surface area (Å²) in [6, 6.07) is 0. The van der Waals surface area contributed by atoms with Gasteiger partial charge in [-0.1, -0.05) is 33.1 Å². The van der Waals surface area contributed by atoms with Gasteiger partial charge in [0.1, 0.15) is 0 Å². The Morgan fingerprint density at radius 3 is 2.80 bits per heavy atom. The molecule has 3 nitrogen and oxygen atoms in total. The molecule has 2 atom stereocenters. The van der Waals surface area contributed by atoms with Gasteiger partial charge in [0, 0.05) is 0 Å². The number of unbranched alkanes of at least 4 members (excludes halogenated alkanes) is 1. The zero-order chi connectivity index (χ0) is 11.1. The second-order valence-corrected chi connectivity index (χ2v) is 4.26. The first-order valence-electron chi connectivity index (χ1n) is 6.03. The van der Waals surface area contributed by atoms with E-state index in [1.807, 2.05) is 0 Å². The van der Waals surface area contributed by atoms with Gasteiger partial charge >= 0.3 is 5.97 Å². The predicted octanol–water partition coefficient (Wildman–Crippen LogP) is 2.53. The van der Waals surface area contributed by atoms with Crippen LogP contribution in [-0.2, 0) is 14.3 Å². The Bertz CT molecular complexity index is 187. The fraction of sp³-hybridized carbons (Fsp3) is 0.917. The maximum atomic E-state index is 11.3. The summed E-state index contributed by atoms with van der Waals surface area (Å²) in [5, 5.41) is 0. The van der Waals surface area contributed by atoms with Gasteiger partial charge in [-0.25, -0.2) is 0 Å². The molecule has 1 aliphatic rings. The van der Waals surface area contributed by atoms with E-state index in [1.165, 1.54) is 19.3 Å². The van der Waals surface area contributed by atoms with Crippen LogP contribution in [0.3, 0.4) is 0 Å². The molecule has 2 unspecified atom stereocenters. The standard InChI is InChI=1S/C12H22O3/c1-3-5-6-10(4-2)8-15-12(13)7-11-9-14-11/h10-11H,3-9H2,1-2H3. The van der Waals surface area contributed by atoms with Crippen molar-refractivity contribution in [1.82, 2.24) is 0 Å². The molecule has 0 spiro atoms. The quantitative estimate of drug-likeness (QED) is 0.460. The van der Waals surface area contributed by atoms with Crippen molar-refractivity contribution < 1.29 is 14.3 Å². The second kappa shape index (κ2) is 6.83. The summed E-state index contributed by atoms with van der Waals surface area (Å²) in [5.41, 5.74) is 0. The van der Waals surface area contributed by atoms with E-state index in [4.69, 9.17) is 9.47 Å². The van der Waals surface area contributed by atoms with Gasteiger partial charge in [0.25, 0.3) is 0 Å². The average Bonchev–Trinajstić information content (AvgIpc) is 3.02. The zero-order valence-corrected chi connectivity index (χ0v) is 9.83. The van der Waals surface area contributed by atoms with Crippen LogP contribution >= 0.6 is 0 Å². The van der Waals surface area contributed by atoms with E-state index in [9.17, 15) is 4.79 Å². The van der Waals surface area contributed by atoms with Gasteiger partial charge in [-0.15, -0.1) is 0 Å². The molecule has 0 N–H and O–H groups in total. The van der Waals surface area contributed by atoms with Gasteiger partial charge in [0.2, 0.25) is 0 Å². The van der Waals surface area contributed by atoms with Gasteiger partial charge in [0.15, 0.2) is 0 Å². The van der Waals surface area contributed by atoms with Crippen molar-refractivity contribution in [2.24, 2.45) is 5.92 Å². The van der Waals surface area contributed by atoms with E-state index in [1.54, 1.807) is 0 Å². The van der Waals surface area contributed by atoms with Crippen molar-refractivity contribution in [3.05, 3.63) is 0 Å². The maximum Gasteiger partial charge on any atom is 0.308 e. The van der Waals surface area contributed by atoms with Crippen LogP contribution in [0.5, 0.6) is 0 Å². The van der Waals surface area contributed by atoms with E-state index in [-0.39, 0.29) is 12.1 Å². The lowest BCUT2D eigenvalue weighted by molar-refractivity contribution is -0.145. The van der Waals surface area contributed by atoms with E-state index in [2.05, 4.69) is 13.8 Å². The van der Waals surface area contributed by atoms with Crippen molar-refractivity contribution in [2.75, 3.05) is 13.2 Å². The highest BCUT2D eigenvalue weighted by Crippen LogP contribution is 2.16. The topological polar surface area (TPSA) is 38.8 Å². The molecule has 88 valence electrons. The smallest absolute Gasteiger partial charge is 0.308 e. The summed E-state index contributed by atoms with van der Waals surface area (Å²) in [5.74, 6) is 0.432. The second-order valence-electron chi connectivity index (χ2n) is 4.26. The minimum Gasteiger partial charge on any atom is -0.465 e. The minimum absolute atomic E-state index is 0.104. The van der Waals surface area contributed by atoms with E-state index >= 15 is 0 Å². The molecule has 1 heterocycles. The average molecular weight is 214 g/mol. The fourth-order valence-corrected chi connectivity index (χ4v) is 1.54. The van der Waals surface area contributed by atoms with Crippen molar-refractivity contribution in [1.29, 1.82) is 0 Å². The highest BCUT2D eigenvalue weighted by atomic mass is 16.6. The largest absolute Gasteiger partial charge is 0.465 e. The fourth-order valence-electron chi connectivity index (χ4n) is 1.54. The highest BCUT2D eigenvalue weighted by Gasteiger charge is 2.26. The summed E-state index contributed by atoms with van der Waals surface area (Å²) >= 11 is 0. The first-order valence-corrected chi connectivity index (χ1v) is 6.03. The molecule has 0 bridgehead atoms. The maximum absolute atomic E-state index is 11.3. The third-order valence-corrected chi connectivity index (χ3v) is 2.82. The minimum atomic E-state index is -0.104. The lowest BCUT2D eigenvalue weighted by Crippen LogP contribution is -2.15. The van der Waals surface area contributed by atoms with Crippen LogP contribution in [0.4, 0.5) is 0 Å². The Morgan fingerprint density at radius 2 is 2.27 bits per heavy atom. The molecule has 3 heteroatoms. The number of ether oxygens (including phenoxy) is 2. The summed E-state index contributed by atoms with van der Waals surface area (Å²) in [7, 11) is 0. The predicted molar refractivity (Wildman–Crippen MR) is 58.6 cm³/mol. The van der Waals surface area contributed by atoms with E-state index in [0.29, 0.717) is 18.9 Å². The molecule has 1 rings (SSSR count). The molecular formula is C12H22O3. The number of hydrogen-bond donors (Lipinski definition) is 0. The van der Waals surface area contributed by atoms with E-state index in [0.717, 1.165) is 13.0 Å². The Labute approximate surface area is 92.1 Å². The number of hydrogen-bond acceptors (Lipinski definition) is 3. The van der Waals surface area contributed by atoms with E-state index < -0.39 is 0 Å². The van der Waals surface area contributed by atoms with Crippen molar-refractivity contribution in [3.63, 3.8) is 0 Å². The Balaban J connectivity index is 2.06. The first-order chi connectivity index (χ1) is 7.26. The zero-order valence-electron chi connectivity index (χ0n) is 9.83. The van der Waals surface area contributed by atoms with Crippen molar-refractivity contribution in [2.45, 2.75) is 52.1 Å². The van der Waals surface area contributed by atoms with Gasteiger partial charge < -0.3 is 9.47 Å². The number of esters is 1. The Kier molecular flexibility index (Phi) is 5.69. The molecule has 0 aromatic rings. The molecule has 1 saturated heterocycles. The summed E-state index contributed by atoms with van der Waals surface area (Å²) in [6.07, 6.45) is 5.27. The summed E-state index contributed by atoms with van der Waals surface area (Å²) in [6.45, 7) is 5.64. The monoisotopic (exact) mass is 214 g/mol. The third kappa shape index (κ3) is 5.78. The van der Waals surface area contributed by atoms with Crippen LogP contribution in [0.1, 0.15) is 46.0 Å². The molecule has 0 saturated carbocycles. The summed E-state index contributed by atoms with van der Waals surface area (Å²) < 4.78 is 10.2. The lowest BCUT2D eigenvalue weighted by Gasteiger charge is -2.14. The SMILES string of the molecule is CCCCC(CC)COC(=O)CC1CO1. The van der Waals surface area contributed by atoms with Crippen LogP contribution in [-0.4, -0.2) is 25.3 Å². The molecule has 1 fully saturated rings. The molecule has 0 aliphatic carbocycles. The molecular weight excluding hydrogens is 192 g/mol. The van der Waals surface area contributed by atoms with Crippen LogP contribution in [0.2, 0.25) is 0 Å². The first kappa shape index (κ1) is 12.5. The molecule has 0 aromatic heterocycles. The third-order valence-electron chi connectivity index (χ3n) is 2.82. The van der Waals surface area contributed by atoms with Gasteiger partial charge in [-0.05, 0) is 12.3 Å². The van der Waals surface area contributed by atoms with Gasteiger partial charge in [0.05, 0.1) is 25.7 Å². The molecule has 0 aromatic carbocycles. The molecule has 1 aliphatic heterocycles. The highest BCUT2D eigenvalue weighted by molar-refractivity contribution is 5.70. The van der Waals surface area contributed by atoms with Crippen LogP contribution in [0, 0.1) is 5.92 Å².